The third-order valence-electron chi connectivity index (χ3n) is 5.87. The lowest BCUT2D eigenvalue weighted by atomic mass is 9.99. The van der Waals surface area contributed by atoms with Gasteiger partial charge >= 0.3 is 6.03 Å². The molecular formula is C22H28N4O3. The number of nitrogens with one attached hydrogen (secondary N) is 1. The van der Waals surface area contributed by atoms with Crippen LogP contribution in [0, 0.1) is 0 Å². The van der Waals surface area contributed by atoms with Gasteiger partial charge in [-0.3, -0.25) is 9.69 Å². The largest absolute Gasteiger partial charge is 0.375 e. The number of likely N-dealkylation sites (tertiary alicyclic amines) is 1. The molecule has 3 heterocycles. The van der Waals surface area contributed by atoms with E-state index in [4.69, 9.17) is 4.74 Å². The van der Waals surface area contributed by atoms with Crippen LogP contribution >= 0.6 is 0 Å². The maximum Gasteiger partial charge on any atom is 0.317 e. The van der Waals surface area contributed by atoms with Gasteiger partial charge in [0, 0.05) is 38.4 Å². The molecule has 2 aliphatic heterocycles. The van der Waals surface area contributed by atoms with Crippen LogP contribution in [-0.4, -0.2) is 65.8 Å². The van der Waals surface area contributed by atoms with Crippen molar-refractivity contribution < 1.29 is 9.53 Å². The molecule has 2 fully saturated rings. The van der Waals surface area contributed by atoms with Crippen molar-refractivity contribution in [2.45, 2.75) is 31.7 Å². The van der Waals surface area contributed by atoms with Crippen molar-refractivity contribution in [3.05, 3.63) is 70.1 Å². The maximum atomic E-state index is 12.6. The number of hydrogen-bond donors (Lipinski definition) is 1. The molecule has 2 atom stereocenters. The summed E-state index contributed by atoms with van der Waals surface area (Å²) in [5.74, 6) is 0. The van der Waals surface area contributed by atoms with Crippen molar-refractivity contribution in [2.75, 3.05) is 33.3 Å². The van der Waals surface area contributed by atoms with Crippen LogP contribution < -0.4 is 10.9 Å². The van der Waals surface area contributed by atoms with Gasteiger partial charge in [0.15, 0.2) is 0 Å². The molecule has 2 saturated heterocycles. The van der Waals surface area contributed by atoms with Crippen LogP contribution in [0.2, 0.25) is 0 Å². The normalized spacial score (nSPS) is 22.2. The van der Waals surface area contributed by atoms with Gasteiger partial charge in [-0.25, -0.2) is 4.79 Å². The predicted molar refractivity (Wildman–Crippen MR) is 111 cm³/mol. The number of pyridine rings is 1. The molecule has 2 aromatic rings. The second-order valence-corrected chi connectivity index (χ2v) is 7.83. The molecule has 0 radical (unpaired) electrons. The fourth-order valence-electron chi connectivity index (χ4n) is 4.07. The zero-order valence-electron chi connectivity index (χ0n) is 16.8. The van der Waals surface area contributed by atoms with Crippen molar-refractivity contribution in [1.29, 1.82) is 0 Å². The Morgan fingerprint density at radius 1 is 1.14 bits per heavy atom. The Morgan fingerprint density at radius 2 is 1.93 bits per heavy atom. The van der Waals surface area contributed by atoms with Gasteiger partial charge in [0.1, 0.15) is 0 Å². The van der Waals surface area contributed by atoms with Gasteiger partial charge in [0.05, 0.1) is 25.3 Å². The van der Waals surface area contributed by atoms with Gasteiger partial charge in [-0.05, 0) is 30.7 Å². The standard InChI is InChI=1S/C22H28N4O3/c1-24-12-13-29-20-9-11-26(16-19(20)24)22(28)23-14-17-5-7-18(8-6-17)15-25-10-3-2-4-21(25)27/h2-8,10,19-20H,9,11-16H2,1H3,(H,23,28)/t19-,20+/m0/s1. The molecule has 0 spiro atoms. The molecule has 2 amide bonds. The number of amides is 2. The molecule has 29 heavy (non-hydrogen) atoms. The molecule has 154 valence electrons. The number of aromatic nitrogens is 1. The molecule has 7 heteroatoms. The number of nitrogens with zero attached hydrogens (tertiary/aromatic N) is 3. The van der Waals surface area contributed by atoms with Gasteiger partial charge in [-0.2, -0.15) is 0 Å². The summed E-state index contributed by atoms with van der Waals surface area (Å²) < 4.78 is 7.52. The summed E-state index contributed by atoms with van der Waals surface area (Å²) in [4.78, 5) is 28.6. The van der Waals surface area contributed by atoms with Crippen molar-refractivity contribution in [2.24, 2.45) is 0 Å². The molecule has 1 aromatic carbocycles. The lowest BCUT2D eigenvalue weighted by molar-refractivity contribution is -0.0881. The number of carbonyl (C=O) groups excluding carboxylic acids is 1. The van der Waals surface area contributed by atoms with Crippen molar-refractivity contribution in [1.82, 2.24) is 19.7 Å². The van der Waals surface area contributed by atoms with Crippen LogP contribution in [0.1, 0.15) is 17.5 Å². The van der Waals surface area contributed by atoms with E-state index in [-0.39, 0.29) is 23.7 Å². The number of piperidine rings is 1. The van der Waals surface area contributed by atoms with Crippen LogP contribution in [0.3, 0.4) is 0 Å². The molecule has 1 aromatic heterocycles. The quantitative estimate of drug-likeness (QED) is 0.851. The summed E-state index contributed by atoms with van der Waals surface area (Å²) in [6.07, 6.45) is 2.91. The van der Waals surface area contributed by atoms with Crippen LogP contribution in [0.4, 0.5) is 4.79 Å². The number of rotatable bonds is 4. The zero-order chi connectivity index (χ0) is 20.2. The highest BCUT2D eigenvalue weighted by Gasteiger charge is 2.36. The SMILES string of the molecule is CN1CCO[C@@H]2CCN(C(=O)NCc3ccc(Cn4ccccc4=O)cc3)C[C@@H]21. The van der Waals surface area contributed by atoms with E-state index < -0.39 is 0 Å². The van der Waals surface area contributed by atoms with Crippen molar-refractivity contribution >= 4 is 6.03 Å². The van der Waals surface area contributed by atoms with E-state index in [1.807, 2.05) is 35.2 Å². The molecule has 0 saturated carbocycles. The summed E-state index contributed by atoms with van der Waals surface area (Å²) >= 11 is 0. The Kier molecular flexibility index (Phi) is 5.97. The molecule has 0 unspecified atom stereocenters. The Labute approximate surface area is 170 Å². The van der Waals surface area contributed by atoms with E-state index in [0.717, 1.165) is 37.2 Å². The average Bonchev–Trinajstić information content (AvgIpc) is 2.75. The highest BCUT2D eigenvalue weighted by Crippen LogP contribution is 2.22. The second-order valence-electron chi connectivity index (χ2n) is 7.83. The van der Waals surface area contributed by atoms with Crippen LogP contribution in [0.15, 0.2) is 53.5 Å². The summed E-state index contributed by atoms with van der Waals surface area (Å²) in [5, 5.41) is 3.03. The van der Waals surface area contributed by atoms with E-state index in [1.165, 1.54) is 0 Å². The molecular weight excluding hydrogens is 368 g/mol. The number of carbonyl (C=O) groups is 1. The van der Waals surface area contributed by atoms with Gasteiger partial charge in [-0.1, -0.05) is 30.3 Å². The first-order valence-electron chi connectivity index (χ1n) is 10.2. The molecule has 4 rings (SSSR count). The third kappa shape index (κ3) is 4.68. The molecule has 2 aliphatic rings. The van der Waals surface area contributed by atoms with Crippen LogP contribution in [0.25, 0.3) is 0 Å². The van der Waals surface area contributed by atoms with E-state index in [2.05, 4.69) is 17.3 Å². The molecule has 7 nitrogen and oxygen atoms in total. The molecule has 0 aliphatic carbocycles. The Morgan fingerprint density at radius 3 is 2.72 bits per heavy atom. The number of fused-ring (bicyclic) bond motifs is 1. The molecule has 1 N–H and O–H groups in total. The monoisotopic (exact) mass is 396 g/mol. The minimum Gasteiger partial charge on any atom is -0.375 e. The summed E-state index contributed by atoms with van der Waals surface area (Å²) in [6.45, 7) is 4.15. The lowest BCUT2D eigenvalue weighted by Crippen LogP contribution is -2.60. The Bertz CT molecular complexity index is 895. The van der Waals surface area contributed by atoms with E-state index >= 15 is 0 Å². The smallest absolute Gasteiger partial charge is 0.317 e. The first kappa shape index (κ1) is 19.7. The number of ether oxygens (including phenoxy) is 1. The van der Waals surface area contributed by atoms with E-state index in [9.17, 15) is 9.59 Å². The fraction of sp³-hybridized carbons (Fsp3) is 0.455. The van der Waals surface area contributed by atoms with E-state index in [1.54, 1.807) is 22.9 Å². The summed E-state index contributed by atoms with van der Waals surface area (Å²) in [6, 6.07) is 13.4. The minimum atomic E-state index is -0.0256. The Balaban J connectivity index is 1.29. The average molecular weight is 396 g/mol. The van der Waals surface area contributed by atoms with Crippen molar-refractivity contribution in [3.63, 3.8) is 0 Å². The first-order valence-corrected chi connectivity index (χ1v) is 10.2. The number of likely N-dealkylation sites (N-methyl/N-ethyl adjacent to an activating group) is 1. The van der Waals surface area contributed by atoms with Gasteiger partial charge in [0.2, 0.25) is 0 Å². The highest BCUT2D eigenvalue weighted by atomic mass is 16.5. The second kappa shape index (κ2) is 8.80. The maximum absolute atomic E-state index is 12.6. The summed E-state index contributed by atoms with van der Waals surface area (Å²) in [5.41, 5.74) is 2.08. The van der Waals surface area contributed by atoms with Gasteiger partial charge in [0.25, 0.3) is 5.56 Å². The predicted octanol–water partition coefficient (Wildman–Crippen LogP) is 1.51. The zero-order valence-corrected chi connectivity index (χ0v) is 16.8. The highest BCUT2D eigenvalue weighted by molar-refractivity contribution is 5.74. The summed E-state index contributed by atoms with van der Waals surface area (Å²) in [7, 11) is 2.10. The molecule has 0 bridgehead atoms. The Hall–Kier alpha value is -2.64. The van der Waals surface area contributed by atoms with Crippen LogP contribution in [-0.2, 0) is 17.8 Å². The third-order valence-corrected chi connectivity index (χ3v) is 5.87. The van der Waals surface area contributed by atoms with Gasteiger partial charge in [-0.15, -0.1) is 0 Å². The lowest BCUT2D eigenvalue weighted by Gasteiger charge is -2.45. The van der Waals surface area contributed by atoms with Gasteiger partial charge < -0.3 is 19.5 Å². The minimum absolute atomic E-state index is 0.0124. The number of benzene rings is 1. The number of hydrogen-bond acceptors (Lipinski definition) is 4. The van der Waals surface area contributed by atoms with Crippen molar-refractivity contribution in [3.8, 4) is 0 Å². The number of morpholine rings is 1. The van der Waals surface area contributed by atoms with E-state index in [0.29, 0.717) is 19.6 Å². The topological polar surface area (TPSA) is 66.8 Å². The number of urea groups is 1. The fourth-order valence-corrected chi connectivity index (χ4v) is 4.07. The van der Waals surface area contributed by atoms with Crippen LogP contribution in [0.5, 0.6) is 0 Å². The first-order chi connectivity index (χ1) is 14.1.